The predicted octanol–water partition coefficient (Wildman–Crippen LogP) is 3.00. The van der Waals surface area contributed by atoms with Gasteiger partial charge < -0.3 is 15.4 Å². The van der Waals surface area contributed by atoms with E-state index >= 15 is 0 Å². The SMILES string of the molecule is CN=C(NCC(C)N1CCOCC1C)NC1CCCC(C(F)(F)F)C1.I. The Balaban J connectivity index is 0.00000338. The lowest BCUT2D eigenvalue weighted by atomic mass is 9.85. The maximum atomic E-state index is 12.9. The lowest BCUT2D eigenvalue weighted by molar-refractivity contribution is -0.183. The van der Waals surface area contributed by atoms with E-state index in [-0.39, 0.29) is 42.9 Å². The van der Waals surface area contributed by atoms with Gasteiger partial charge in [0.25, 0.3) is 0 Å². The summed E-state index contributed by atoms with van der Waals surface area (Å²) < 4.78 is 44.3. The highest BCUT2D eigenvalue weighted by molar-refractivity contribution is 14.0. The Morgan fingerprint density at radius 3 is 2.69 bits per heavy atom. The predicted molar refractivity (Wildman–Crippen MR) is 108 cm³/mol. The average Bonchev–Trinajstić information content (AvgIpc) is 2.58. The van der Waals surface area contributed by atoms with Crippen molar-refractivity contribution in [1.29, 1.82) is 0 Å². The van der Waals surface area contributed by atoms with Crippen LogP contribution < -0.4 is 10.6 Å². The summed E-state index contributed by atoms with van der Waals surface area (Å²) in [6, 6.07) is 0.488. The second kappa shape index (κ2) is 10.9. The Morgan fingerprint density at radius 1 is 1.35 bits per heavy atom. The Labute approximate surface area is 171 Å². The minimum absolute atomic E-state index is 0. The number of alkyl halides is 3. The molecule has 0 aromatic heterocycles. The number of ether oxygens (including phenoxy) is 1. The summed E-state index contributed by atoms with van der Waals surface area (Å²) in [6.45, 7) is 7.34. The first kappa shape index (κ1) is 23.7. The van der Waals surface area contributed by atoms with E-state index in [4.69, 9.17) is 4.74 Å². The molecule has 0 aromatic rings. The molecule has 1 saturated heterocycles. The monoisotopic (exact) mass is 492 g/mol. The van der Waals surface area contributed by atoms with Crippen molar-refractivity contribution in [1.82, 2.24) is 15.5 Å². The maximum Gasteiger partial charge on any atom is 0.391 e. The standard InChI is InChI=1S/C17H31F3N4O.HI/c1-12(24-7-8-25-11-13(24)2)10-22-16(21-3)23-15-6-4-5-14(9-15)17(18,19)20;/h12-15H,4-11H2,1-3H3,(H2,21,22,23);1H. The molecule has 1 saturated carbocycles. The van der Waals surface area contributed by atoms with Crippen LogP contribution >= 0.6 is 24.0 Å². The molecule has 2 N–H and O–H groups in total. The van der Waals surface area contributed by atoms with Gasteiger partial charge in [-0.05, 0) is 33.1 Å². The van der Waals surface area contributed by atoms with Crippen LogP contribution in [-0.4, -0.2) is 68.5 Å². The van der Waals surface area contributed by atoms with Gasteiger partial charge in [-0.15, -0.1) is 24.0 Å². The lowest BCUT2D eigenvalue weighted by Crippen LogP contribution is -2.54. The lowest BCUT2D eigenvalue weighted by Gasteiger charge is -2.38. The van der Waals surface area contributed by atoms with E-state index in [1.54, 1.807) is 7.05 Å². The summed E-state index contributed by atoms with van der Waals surface area (Å²) >= 11 is 0. The zero-order valence-corrected chi connectivity index (χ0v) is 18.1. The summed E-state index contributed by atoms with van der Waals surface area (Å²) in [5, 5.41) is 6.44. The van der Waals surface area contributed by atoms with Crippen LogP contribution in [0.3, 0.4) is 0 Å². The van der Waals surface area contributed by atoms with Gasteiger partial charge in [-0.1, -0.05) is 6.42 Å². The summed E-state index contributed by atoms with van der Waals surface area (Å²) in [5.74, 6) is -0.620. The van der Waals surface area contributed by atoms with Crippen LogP contribution in [0.5, 0.6) is 0 Å². The number of aliphatic imine (C=N–C) groups is 1. The number of rotatable bonds is 4. The molecule has 0 bridgehead atoms. The third-order valence-corrected chi connectivity index (χ3v) is 5.25. The molecule has 1 aliphatic carbocycles. The van der Waals surface area contributed by atoms with Crippen LogP contribution in [0.2, 0.25) is 0 Å². The van der Waals surface area contributed by atoms with Gasteiger partial charge in [-0.25, -0.2) is 0 Å². The largest absolute Gasteiger partial charge is 0.391 e. The molecule has 2 fully saturated rings. The van der Waals surface area contributed by atoms with Crippen LogP contribution in [0, 0.1) is 5.92 Å². The van der Waals surface area contributed by atoms with Crippen LogP contribution in [0.15, 0.2) is 4.99 Å². The minimum Gasteiger partial charge on any atom is -0.379 e. The number of halogens is 4. The molecule has 154 valence electrons. The Bertz CT molecular complexity index is 450. The fraction of sp³-hybridized carbons (Fsp3) is 0.941. The first-order valence-corrected chi connectivity index (χ1v) is 9.18. The van der Waals surface area contributed by atoms with Crippen LogP contribution in [-0.2, 0) is 4.74 Å². The number of nitrogens with zero attached hydrogens (tertiary/aromatic N) is 2. The molecule has 4 atom stereocenters. The highest BCUT2D eigenvalue weighted by Crippen LogP contribution is 2.37. The molecule has 4 unspecified atom stereocenters. The molecule has 26 heavy (non-hydrogen) atoms. The van der Waals surface area contributed by atoms with E-state index in [1.165, 1.54) is 0 Å². The fourth-order valence-corrected chi connectivity index (χ4v) is 3.76. The number of morpholine rings is 1. The summed E-state index contributed by atoms with van der Waals surface area (Å²) in [4.78, 5) is 6.55. The average molecular weight is 492 g/mol. The fourth-order valence-electron chi connectivity index (χ4n) is 3.76. The van der Waals surface area contributed by atoms with Crippen molar-refractivity contribution in [2.24, 2.45) is 10.9 Å². The summed E-state index contributed by atoms with van der Waals surface area (Å²) in [7, 11) is 1.65. The highest BCUT2D eigenvalue weighted by Gasteiger charge is 2.42. The van der Waals surface area contributed by atoms with Gasteiger partial charge in [0.15, 0.2) is 5.96 Å². The molecule has 2 rings (SSSR count). The Morgan fingerprint density at radius 2 is 2.08 bits per heavy atom. The van der Waals surface area contributed by atoms with Gasteiger partial charge in [0.1, 0.15) is 0 Å². The number of nitrogens with one attached hydrogen (secondary N) is 2. The van der Waals surface area contributed by atoms with Crippen molar-refractivity contribution < 1.29 is 17.9 Å². The van der Waals surface area contributed by atoms with Gasteiger partial charge in [-0.3, -0.25) is 9.89 Å². The normalized spacial score (nSPS) is 29.6. The molecule has 2 aliphatic rings. The zero-order valence-electron chi connectivity index (χ0n) is 15.8. The highest BCUT2D eigenvalue weighted by atomic mass is 127. The first-order chi connectivity index (χ1) is 11.8. The second-order valence-electron chi connectivity index (χ2n) is 7.21. The van der Waals surface area contributed by atoms with Gasteiger partial charge in [0, 0.05) is 38.3 Å². The molecule has 0 aromatic carbocycles. The third kappa shape index (κ3) is 7.03. The topological polar surface area (TPSA) is 48.9 Å². The smallest absolute Gasteiger partial charge is 0.379 e. The van der Waals surface area contributed by atoms with E-state index in [0.717, 1.165) is 26.2 Å². The quantitative estimate of drug-likeness (QED) is 0.360. The molecule has 9 heteroatoms. The van der Waals surface area contributed by atoms with Gasteiger partial charge in [0.05, 0.1) is 19.1 Å². The summed E-state index contributed by atoms with van der Waals surface area (Å²) in [6.07, 6.45) is -2.39. The van der Waals surface area contributed by atoms with Crippen molar-refractivity contribution in [2.45, 2.75) is 63.8 Å². The van der Waals surface area contributed by atoms with E-state index < -0.39 is 12.1 Å². The number of guanidine groups is 1. The van der Waals surface area contributed by atoms with Crippen LogP contribution in [0.1, 0.15) is 39.5 Å². The molecule has 0 radical (unpaired) electrons. The van der Waals surface area contributed by atoms with E-state index in [2.05, 4.69) is 34.4 Å². The van der Waals surface area contributed by atoms with E-state index in [9.17, 15) is 13.2 Å². The van der Waals surface area contributed by atoms with Crippen molar-refractivity contribution >= 4 is 29.9 Å². The van der Waals surface area contributed by atoms with Gasteiger partial charge in [0.2, 0.25) is 0 Å². The maximum absolute atomic E-state index is 12.9. The summed E-state index contributed by atoms with van der Waals surface area (Å²) in [5.41, 5.74) is 0. The molecule has 0 amide bonds. The molecule has 1 heterocycles. The van der Waals surface area contributed by atoms with Crippen molar-refractivity contribution in [3.63, 3.8) is 0 Å². The zero-order chi connectivity index (χ0) is 18.4. The van der Waals surface area contributed by atoms with Gasteiger partial charge >= 0.3 is 6.18 Å². The molecular weight excluding hydrogens is 460 g/mol. The molecule has 1 aliphatic heterocycles. The van der Waals surface area contributed by atoms with Crippen molar-refractivity contribution in [3.8, 4) is 0 Å². The second-order valence-corrected chi connectivity index (χ2v) is 7.21. The first-order valence-electron chi connectivity index (χ1n) is 9.18. The van der Waals surface area contributed by atoms with Gasteiger partial charge in [-0.2, -0.15) is 13.2 Å². The van der Waals surface area contributed by atoms with Crippen molar-refractivity contribution in [2.75, 3.05) is 33.4 Å². The number of hydrogen-bond acceptors (Lipinski definition) is 3. The van der Waals surface area contributed by atoms with E-state index in [1.807, 2.05) is 0 Å². The minimum atomic E-state index is -4.10. The number of hydrogen-bond donors (Lipinski definition) is 2. The van der Waals surface area contributed by atoms with Crippen LogP contribution in [0.25, 0.3) is 0 Å². The Kier molecular flexibility index (Phi) is 9.95. The molecule has 0 spiro atoms. The molecular formula is C17H32F3IN4O. The van der Waals surface area contributed by atoms with Crippen molar-refractivity contribution in [3.05, 3.63) is 0 Å². The molecule has 5 nitrogen and oxygen atoms in total. The van der Waals surface area contributed by atoms with Crippen LogP contribution in [0.4, 0.5) is 13.2 Å². The van der Waals surface area contributed by atoms with E-state index in [0.29, 0.717) is 31.0 Å². The Hall–Kier alpha value is -0.290. The third-order valence-electron chi connectivity index (χ3n) is 5.25.